The Bertz CT molecular complexity index is 486. The molecule has 2 atom stereocenters. The molecule has 0 radical (unpaired) electrons. The number of nitrogens with zero attached hydrogens (tertiary/aromatic N) is 2. The molecule has 0 fully saturated rings. The molecule has 2 N–H and O–H groups in total. The monoisotopic (exact) mass is 271 g/mol. The highest BCUT2D eigenvalue weighted by Gasteiger charge is 2.42. The molecule has 0 bridgehead atoms. The van der Waals surface area contributed by atoms with Crippen molar-refractivity contribution in [3.63, 3.8) is 0 Å². The molecule has 1 aromatic rings. The molecule has 0 aromatic carbocycles. The van der Waals surface area contributed by atoms with Crippen LogP contribution in [0.3, 0.4) is 0 Å². The van der Waals surface area contributed by atoms with Crippen LogP contribution in [0.25, 0.3) is 0 Å². The van der Waals surface area contributed by atoms with Crippen LogP contribution in [0.4, 0.5) is 8.78 Å². The zero-order chi connectivity index (χ0) is 13.6. The predicted octanol–water partition coefficient (Wildman–Crippen LogP) is 1.41. The molecule has 0 saturated heterocycles. The number of nitrogens with one attached hydrogen (secondary N) is 1. The van der Waals surface area contributed by atoms with E-state index in [2.05, 4.69) is 10.4 Å². The zero-order valence-corrected chi connectivity index (χ0v) is 11.0. The van der Waals surface area contributed by atoms with E-state index < -0.39 is 5.92 Å². The molecule has 6 heteroatoms. The SMILES string of the molecule is C[C@@H]1Cc2nn3c(c2CN1)C(F)(F)CC[C@@H](CO)C3. The lowest BCUT2D eigenvalue weighted by Gasteiger charge is -2.22. The summed E-state index contributed by atoms with van der Waals surface area (Å²) in [6.45, 7) is 2.82. The zero-order valence-electron chi connectivity index (χ0n) is 11.0. The summed E-state index contributed by atoms with van der Waals surface area (Å²) in [6, 6.07) is 0.272. The molecule has 0 amide bonds. The number of hydrogen-bond acceptors (Lipinski definition) is 3. The summed E-state index contributed by atoms with van der Waals surface area (Å²) in [7, 11) is 0. The average molecular weight is 271 g/mol. The van der Waals surface area contributed by atoms with Crippen molar-refractivity contribution in [2.75, 3.05) is 6.61 Å². The number of hydrogen-bond donors (Lipinski definition) is 2. The Labute approximate surface area is 110 Å². The third kappa shape index (κ3) is 2.17. The van der Waals surface area contributed by atoms with Crippen molar-refractivity contribution in [3.05, 3.63) is 17.0 Å². The topological polar surface area (TPSA) is 50.1 Å². The first-order chi connectivity index (χ1) is 9.01. The maximum atomic E-state index is 14.3. The molecule has 2 aliphatic rings. The van der Waals surface area contributed by atoms with Crippen LogP contribution in [0.5, 0.6) is 0 Å². The van der Waals surface area contributed by atoms with Crippen molar-refractivity contribution in [3.8, 4) is 0 Å². The Kier molecular flexibility index (Phi) is 3.09. The lowest BCUT2D eigenvalue weighted by Crippen LogP contribution is -2.33. The van der Waals surface area contributed by atoms with E-state index in [1.54, 1.807) is 0 Å². The van der Waals surface area contributed by atoms with Crippen molar-refractivity contribution in [1.82, 2.24) is 15.1 Å². The first kappa shape index (κ1) is 13.0. The van der Waals surface area contributed by atoms with Gasteiger partial charge < -0.3 is 10.4 Å². The molecule has 0 unspecified atom stereocenters. The second-order valence-electron chi connectivity index (χ2n) is 5.73. The van der Waals surface area contributed by atoms with Crippen LogP contribution in [-0.2, 0) is 25.4 Å². The maximum absolute atomic E-state index is 14.3. The van der Waals surface area contributed by atoms with Crippen molar-refractivity contribution in [2.24, 2.45) is 5.92 Å². The van der Waals surface area contributed by atoms with Crippen molar-refractivity contribution in [2.45, 2.75) is 51.2 Å². The molecule has 3 rings (SSSR count). The molecular weight excluding hydrogens is 252 g/mol. The molecule has 4 nitrogen and oxygen atoms in total. The van der Waals surface area contributed by atoms with Crippen LogP contribution in [-0.4, -0.2) is 27.5 Å². The average Bonchev–Trinajstić information content (AvgIpc) is 2.65. The highest BCUT2D eigenvalue weighted by atomic mass is 19.3. The first-order valence-corrected chi connectivity index (χ1v) is 6.82. The number of aliphatic hydroxyl groups is 1. The smallest absolute Gasteiger partial charge is 0.289 e. The van der Waals surface area contributed by atoms with Gasteiger partial charge in [-0.1, -0.05) is 0 Å². The van der Waals surface area contributed by atoms with Gasteiger partial charge >= 0.3 is 0 Å². The fourth-order valence-corrected chi connectivity index (χ4v) is 3.07. The highest BCUT2D eigenvalue weighted by molar-refractivity contribution is 5.32. The van der Waals surface area contributed by atoms with Gasteiger partial charge in [0.05, 0.1) is 5.69 Å². The third-order valence-corrected chi connectivity index (χ3v) is 4.16. The summed E-state index contributed by atoms with van der Waals surface area (Å²) in [6.07, 6.45) is 0.826. The van der Waals surface area contributed by atoms with Gasteiger partial charge in [0.1, 0.15) is 5.69 Å². The van der Waals surface area contributed by atoms with Crippen molar-refractivity contribution >= 4 is 0 Å². The number of aromatic nitrogens is 2. The molecule has 19 heavy (non-hydrogen) atoms. The predicted molar refractivity (Wildman–Crippen MR) is 65.9 cm³/mol. The largest absolute Gasteiger partial charge is 0.396 e. The Morgan fingerprint density at radius 2 is 2.32 bits per heavy atom. The van der Waals surface area contributed by atoms with E-state index in [0.717, 1.165) is 5.69 Å². The Hall–Kier alpha value is -1.01. The molecule has 3 heterocycles. The van der Waals surface area contributed by atoms with Crippen LogP contribution < -0.4 is 5.32 Å². The van der Waals surface area contributed by atoms with Crippen LogP contribution >= 0.6 is 0 Å². The summed E-state index contributed by atoms with van der Waals surface area (Å²) in [4.78, 5) is 0. The summed E-state index contributed by atoms with van der Waals surface area (Å²) in [5, 5.41) is 16.9. The van der Waals surface area contributed by atoms with Crippen LogP contribution in [0.2, 0.25) is 0 Å². The van der Waals surface area contributed by atoms with Crippen molar-refractivity contribution < 1.29 is 13.9 Å². The number of fused-ring (bicyclic) bond motifs is 3. The van der Waals surface area contributed by atoms with Crippen LogP contribution in [0, 0.1) is 5.92 Å². The van der Waals surface area contributed by atoms with E-state index in [4.69, 9.17) is 0 Å². The summed E-state index contributed by atoms with van der Waals surface area (Å²) >= 11 is 0. The minimum absolute atomic E-state index is 0.0608. The molecule has 2 aliphatic heterocycles. The van der Waals surface area contributed by atoms with Crippen molar-refractivity contribution in [1.29, 1.82) is 0 Å². The summed E-state index contributed by atoms with van der Waals surface area (Å²) in [5.41, 5.74) is 1.53. The number of halogens is 2. The van der Waals surface area contributed by atoms with Gasteiger partial charge in [-0.15, -0.1) is 0 Å². The van der Waals surface area contributed by atoms with Gasteiger partial charge in [0.15, 0.2) is 0 Å². The van der Waals surface area contributed by atoms with Gasteiger partial charge in [-0.05, 0) is 13.3 Å². The highest BCUT2D eigenvalue weighted by Crippen LogP contribution is 2.41. The van der Waals surface area contributed by atoms with E-state index in [0.29, 0.717) is 31.5 Å². The fourth-order valence-electron chi connectivity index (χ4n) is 3.07. The molecule has 0 aliphatic carbocycles. The van der Waals surface area contributed by atoms with Gasteiger partial charge in [-0.3, -0.25) is 4.68 Å². The normalized spacial score (nSPS) is 29.5. The van der Waals surface area contributed by atoms with Gasteiger partial charge in [0.25, 0.3) is 5.92 Å². The standard InChI is InChI=1S/C13H19F2N3O/c1-8-4-11-10(5-16-8)12-13(14,15)3-2-9(7-19)6-18(12)17-11/h8-9,16,19H,2-7H2,1H3/t8-,9-/m1/s1. The van der Waals surface area contributed by atoms with Crippen LogP contribution in [0.15, 0.2) is 0 Å². The molecule has 0 saturated carbocycles. The van der Waals surface area contributed by atoms with E-state index >= 15 is 0 Å². The third-order valence-electron chi connectivity index (χ3n) is 4.16. The maximum Gasteiger partial charge on any atom is 0.289 e. The van der Waals surface area contributed by atoms with Gasteiger partial charge in [-0.2, -0.15) is 13.9 Å². The Balaban J connectivity index is 2.06. The number of rotatable bonds is 1. The van der Waals surface area contributed by atoms with E-state index in [-0.39, 0.29) is 30.7 Å². The molecule has 106 valence electrons. The fraction of sp³-hybridized carbons (Fsp3) is 0.769. The number of aliphatic hydroxyl groups excluding tert-OH is 1. The Morgan fingerprint density at radius 1 is 1.53 bits per heavy atom. The van der Waals surface area contributed by atoms with Crippen LogP contribution in [0.1, 0.15) is 36.7 Å². The minimum atomic E-state index is -2.84. The Morgan fingerprint density at radius 3 is 3.05 bits per heavy atom. The molecular formula is C13H19F2N3O. The van der Waals surface area contributed by atoms with Gasteiger partial charge in [-0.25, -0.2) is 0 Å². The molecule has 0 spiro atoms. The second kappa shape index (κ2) is 4.52. The minimum Gasteiger partial charge on any atom is -0.396 e. The van der Waals surface area contributed by atoms with E-state index in [9.17, 15) is 13.9 Å². The summed E-state index contributed by atoms with van der Waals surface area (Å²) in [5.74, 6) is -2.97. The quantitative estimate of drug-likeness (QED) is 0.812. The second-order valence-corrected chi connectivity index (χ2v) is 5.73. The lowest BCUT2D eigenvalue weighted by molar-refractivity contribution is -0.0222. The molecule has 1 aromatic heterocycles. The van der Waals surface area contributed by atoms with Gasteiger partial charge in [0.2, 0.25) is 0 Å². The van der Waals surface area contributed by atoms with Gasteiger partial charge in [0, 0.05) is 50.1 Å². The van der Waals surface area contributed by atoms with E-state index in [1.165, 1.54) is 4.68 Å². The summed E-state index contributed by atoms with van der Waals surface area (Å²) < 4.78 is 30.1. The first-order valence-electron chi connectivity index (χ1n) is 6.82. The van der Waals surface area contributed by atoms with E-state index in [1.807, 2.05) is 6.92 Å². The number of alkyl halides is 2. The lowest BCUT2D eigenvalue weighted by atomic mass is 9.97.